The smallest absolute Gasteiger partial charge is 0.175 e. The van der Waals surface area contributed by atoms with Gasteiger partial charge in [0.05, 0.1) is 5.02 Å². The molecule has 0 N–H and O–H groups in total. The van der Waals surface area contributed by atoms with Gasteiger partial charge in [0, 0.05) is 15.7 Å². The van der Waals surface area contributed by atoms with Gasteiger partial charge in [-0.15, -0.1) is 0 Å². The lowest BCUT2D eigenvalue weighted by molar-refractivity contribution is 0.877. The van der Waals surface area contributed by atoms with Crippen LogP contribution in [-0.2, 0) is 0 Å². The summed E-state index contributed by atoms with van der Waals surface area (Å²) in [5.41, 5.74) is 0.778. The van der Waals surface area contributed by atoms with E-state index in [9.17, 15) is 0 Å². The first kappa shape index (κ1) is 8.91. The van der Waals surface area contributed by atoms with E-state index in [0.717, 1.165) is 15.0 Å². The summed E-state index contributed by atoms with van der Waals surface area (Å²) in [5.74, 6) is 1.51. The summed E-state index contributed by atoms with van der Waals surface area (Å²) in [6, 6.07) is 1.95. The molecule has 0 spiro atoms. The van der Waals surface area contributed by atoms with Crippen LogP contribution in [0.5, 0.6) is 0 Å². The zero-order valence-corrected chi connectivity index (χ0v) is 10.2. The SMILES string of the molecule is Clc1c(I)ccn2nc(C3CC3)nc12. The second-order valence-electron chi connectivity index (χ2n) is 3.49. The molecular weight excluding hydrogens is 312 g/mol. The van der Waals surface area contributed by atoms with Crippen LogP contribution in [0, 0.1) is 3.57 Å². The zero-order valence-electron chi connectivity index (χ0n) is 7.24. The van der Waals surface area contributed by atoms with E-state index in [0.29, 0.717) is 10.9 Å². The summed E-state index contributed by atoms with van der Waals surface area (Å²) in [7, 11) is 0. The maximum Gasteiger partial charge on any atom is 0.175 e. The summed E-state index contributed by atoms with van der Waals surface area (Å²) in [6.45, 7) is 0. The molecule has 14 heavy (non-hydrogen) atoms. The Morgan fingerprint density at radius 2 is 2.29 bits per heavy atom. The minimum Gasteiger partial charge on any atom is -0.219 e. The third kappa shape index (κ3) is 1.32. The minimum atomic E-state index is 0.573. The summed E-state index contributed by atoms with van der Waals surface area (Å²) in [6.07, 6.45) is 4.33. The van der Waals surface area contributed by atoms with Crippen LogP contribution >= 0.6 is 34.2 Å². The number of rotatable bonds is 1. The first-order chi connectivity index (χ1) is 6.75. The summed E-state index contributed by atoms with van der Waals surface area (Å²) >= 11 is 8.34. The molecule has 2 aromatic heterocycles. The Morgan fingerprint density at radius 3 is 3.00 bits per heavy atom. The molecule has 1 aliphatic rings. The standard InChI is InChI=1S/C9H7ClIN3/c10-7-6(11)3-4-14-9(7)12-8(13-14)5-1-2-5/h3-5H,1-2H2. The van der Waals surface area contributed by atoms with Crippen molar-refractivity contribution >= 4 is 39.8 Å². The van der Waals surface area contributed by atoms with Crippen molar-refractivity contribution in [2.45, 2.75) is 18.8 Å². The topological polar surface area (TPSA) is 30.2 Å². The van der Waals surface area contributed by atoms with Crippen molar-refractivity contribution in [3.8, 4) is 0 Å². The second-order valence-corrected chi connectivity index (χ2v) is 5.03. The third-order valence-electron chi connectivity index (χ3n) is 2.36. The van der Waals surface area contributed by atoms with Gasteiger partial charge in [0.15, 0.2) is 11.5 Å². The minimum absolute atomic E-state index is 0.573. The van der Waals surface area contributed by atoms with Gasteiger partial charge in [-0.25, -0.2) is 9.50 Å². The van der Waals surface area contributed by atoms with Gasteiger partial charge in [0.25, 0.3) is 0 Å². The van der Waals surface area contributed by atoms with Gasteiger partial charge in [-0.2, -0.15) is 5.10 Å². The third-order valence-corrected chi connectivity index (χ3v) is 3.95. The summed E-state index contributed by atoms with van der Waals surface area (Å²) in [4.78, 5) is 4.45. The Kier molecular flexibility index (Phi) is 1.95. The van der Waals surface area contributed by atoms with E-state index in [1.54, 1.807) is 4.52 Å². The molecular formula is C9H7ClIN3. The average molecular weight is 320 g/mol. The normalized spacial score (nSPS) is 16.4. The molecule has 0 atom stereocenters. The van der Waals surface area contributed by atoms with Gasteiger partial charge < -0.3 is 0 Å². The molecule has 0 aromatic carbocycles. The number of aromatic nitrogens is 3. The molecule has 0 bridgehead atoms. The predicted molar refractivity (Wildman–Crippen MR) is 62.7 cm³/mol. The Balaban J connectivity index is 2.26. The average Bonchev–Trinajstić information content (AvgIpc) is 2.93. The van der Waals surface area contributed by atoms with Gasteiger partial charge in [-0.05, 0) is 41.5 Å². The number of halogens is 2. The quantitative estimate of drug-likeness (QED) is 0.757. The largest absolute Gasteiger partial charge is 0.219 e. The number of hydrogen-bond donors (Lipinski definition) is 0. The zero-order chi connectivity index (χ0) is 9.71. The maximum absolute atomic E-state index is 6.13. The Bertz CT molecular complexity index is 504. The highest BCUT2D eigenvalue weighted by atomic mass is 127. The van der Waals surface area contributed by atoms with Crippen molar-refractivity contribution in [1.29, 1.82) is 0 Å². The molecule has 0 aliphatic heterocycles. The van der Waals surface area contributed by atoms with Gasteiger partial charge in [-0.1, -0.05) is 11.6 Å². The van der Waals surface area contributed by atoms with E-state index >= 15 is 0 Å². The van der Waals surface area contributed by atoms with E-state index in [-0.39, 0.29) is 0 Å². The molecule has 2 heterocycles. The molecule has 2 aromatic rings. The van der Waals surface area contributed by atoms with Crippen molar-refractivity contribution in [3.63, 3.8) is 0 Å². The molecule has 3 nitrogen and oxygen atoms in total. The van der Waals surface area contributed by atoms with Gasteiger partial charge in [-0.3, -0.25) is 0 Å². The van der Waals surface area contributed by atoms with Crippen LogP contribution in [0.25, 0.3) is 5.65 Å². The Labute approximate surface area is 99.6 Å². The fourth-order valence-electron chi connectivity index (χ4n) is 1.42. The van der Waals surface area contributed by atoms with E-state index < -0.39 is 0 Å². The molecule has 0 radical (unpaired) electrons. The lowest BCUT2D eigenvalue weighted by Crippen LogP contribution is -1.89. The fraction of sp³-hybridized carbons (Fsp3) is 0.333. The lowest BCUT2D eigenvalue weighted by Gasteiger charge is -1.95. The number of fused-ring (bicyclic) bond motifs is 1. The first-order valence-electron chi connectivity index (χ1n) is 4.46. The van der Waals surface area contributed by atoms with Crippen LogP contribution in [0.3, 0.4) is 0 Å². The number of nitrogens with zero attached hydrogens (tertiary/aromatic N) is 3. The fourth-order valence-corrected chi connectivity index (χ4v) is 2.02. The highest BCUT2D eigenvalue weighted by Crippen LogP contribution is 2.38. The molecule has 5 heteroatoms. The van der Waals surface area contributed by atoms with Crippen LogP contribution in [0.2, 0.25) is 5.02 Å². The van der Waals surface area contributed by atoms with Crippen molar-refractivity contribution in [1.82, 2.24) is 14.6 Å². The van der Waals surface area contributed by atoms with Crippen LogP contribution in [0.4, 0.5) is 0 Å². The second kappa shape index (κ2) is 3.06. The lowest BCUT2D eigenvalue weighted by atomic mass is 10.4. The molecule has 0 amide bonds. The Hall–Kier alpha value is -0.360. The van der Waals surface area contributed by atoms with Crippen LogP contribution in [-0.4, -0.2) is 14.6 Å². The molecule has 0 unspecified atom stereocenters. The molecule has 72 valence electrons. The van der Waals surface area contributed by atoms with Crippen molar-refractivity contribution in [2.24, 2.45) is 0 Å². The van der Waals surface area contributed by atoms with Crippen molar-refractivity contribution in [2.75, 3.05) is 0 Å². The number of pyridine rings is 1. The monoisotopic (exact) mass is 319 g/mol. The predicted octanol–water partition coefficient (Wildman–Crippen LogP) is 2.86. The highest BCUT2D eigenvalue weighted by Gasteiger charge is 2.28. The van der Waals surface area contributed by atoms with E-state index in [1.165, 1.54) is 12.8 Å². The summed E-state index contributed by atoms with van der Waals surface area (Å²) < 4.78 is 2.78. The molecule has 1 saturated carbocycles. The molecule has 1 fully saturated rings. The van der Waals surface area contributed by atoms with Crippen molar-refractivity contribution < 1.29 is 0 Å². The summed E-state index contributed by atoms with van der Waals surface area (Å²) in [5, 5.41) is 5.10. The van der Waals surface area contributed by atoms with E-state index in [2.05, 4.69) is 32.7 Å². The Morgan fingerprint density at radius 1 is 1.50 bits per heavy atom. The van der Waals surface area contributed by atoms with E-state index in [4.69, 9.17) is 11.6 Å². The maximum atomic E-state index is 6.13. The van der Waals surface area contributed by atoms with Gasteiger partial charge in [0.1, 0.15) is 0 Å². The molecule has 1 aliphatic carbocycles. The highest BCUT2D eigenvalue weighted by molar-refractivity contribution is 14.1. The van der Waals surface area contributed by atoms with Crippen molar-refractivity contribution in [3.05, 3.63) is 26.7 Å². The van der Waals surface area contributed by atoms with E-state index in [1.807, 2.05) is 12.3 Å². The number of hydrogen-bond acceptors (Lipinski definition) is 2. The van der Waals surface area contributed by atoms with Crippen LogP contribution in [0.1, 0.15) is 24.6 Å². The molecule has 0 saturated heterocycles. The molecule has 3 rings (SSSR count). The van der Waals surface area contributed by atoms with Gasteiger partial charge in [0.2, 0.25) is 0 Å². The van der Waals surface area contributed by atoms with Crippen LogP contribution < -0.4 is 0 Å². The van der Waals surface area contributed by atoms with Crippen LogP contribution in [0.15, 0.2) is 12.3 Å². The first-order valence-corrected chi connectivity index (χ1v) is 5.91. The van der Waals surface area contributed by atoms with Gasteiger partial charge >= 0.3 is 0 Å².